The molecule has 0 aliphatic carbocycles. The van der Waals surface area contributed by atoms with E-state index < -0.39 is 5.54 Å². The molecule has 1 N–H and O–H groups in total. The lowest BCUT2D eigenvalue weighted by molar-refractivity contribution is -0.149. The fourth-order valence-electron chi connectivity index (χ4n) is 3.26. The molecular formula is C16H20N2O3. The fraction of sp³-hybridized carbons (Fsp3) is 0.500. The Labute approximate surface area is 124 Å². The van der Waals surface area contributed by atoms with E-state index in [1.54, 1.807) is 4.90 Å². The van der Waals surface area contributed by atoms with Crippen LogP contribution in [0.2, 0.25) is 0 Å². The van der Waals surface area contributed by atoms with Crippen molar-refractivity contribution in [1.29, 1.82) is 0 Å². The molecule has 1 aromatic rings. The number of piperidine rings is 1. The van der Waals surface area contributed by atoms with E-state index in [4.69, 9.17) is 4.74 Å². The van der Waals surface area contributed by atoms with Gasteiger partial charge in [0.2, 0.25) is 5.91 Å². The van der Waals surface area contributed by atoms with Crippen molar-refractivity contribution in [3.05, 3.63) is 35.4 Å². The topological polar surface area (TPSA) is 58.6 Å². The number of amides is 2. The van der Waals surface area contributed by atoms with Gasteiger partial charge in [-0.2, -0.15) is 0 Å². The third-order valence-electron chi connectivity index (χ3n) is 4.55. The standard InChI is InChI=1S/C16H20N2O3/c1-11-5-3-4-6-12(11)15(20)18(2)13-7-8-14(19)17-16(13)9-21-10-16/h3-6,13H,7-10H2,1-2H3,(H,17,19). The van der Waals surface area contributed by atoms with E-state index in [1.807, 2.05) is 38.2 Å². The van der Waals surface area contributed by atoms with Gasteiger partial charge in [-0.3, -0.25) is 9.59 Å². The van der Waals surface area contributed by atoms with Crippen LogP contribution in [0, 0.1) is 6.92 Å². The summed E-state index contributed by atoms with van der Waals surface area (Å²) in [5.41, 5.74) is 1.28. The number of nitrogens with zero attached hydrogens (tertiary/aromatic N) is 1. The Balaban J connectivity index is 1.84. The number of ether oxygens (including phenoxy) is 1. The lowest BCUT2D eigenvalue weighted by Crippen LogP contribution is -2.74. The van der Waals surface area contributed by atoms with Crippen LogP contribution in [-0.2, 0) is 9.53 Å². The van der Waals surface area contributed by atoms with Gasteiger partial charge in [-0.1, -0.05) is 18.2 Å². The molecule has 112 valence electrons. The molecule has 0 aromatic heterocycles. The highest BCUT2D eigenvalue weighted by Gasteiger charge is 2.51. The minimum atomic E-state index is -0.400. The predicted molar refractivity (Wildman–Crippen MR) is 78.0 cm³/mol. The Hall–Kier alpha value is -1.88. The van der Waals surface area contributed by atoms with Crippen LogP contribution in [0.3, 0.4) is 0 Å². The van der Waals surface area contributed by atoms with Gasteiger partial charge >= 0.3 is 0 Å². The van der Waals surface area contributed by atoms with E-state index in [2.05, 4.69) is 5.32 Å². The van der Waals surface area contributed by atoms with Crippen LogP contribution in [0.4, 0.5) is 0 Å². The number of hydrogen-bond donors (Lipinski definition) is 1. The number of carbonyl (C=O) groups is 2. The van der Waals surface area contributed by atoms with Crippen molar-refractivity contribution in [2.24, 2.45) is 0 Å². The molecule has 2 heterocycles. The first-order chi connectivity index (χ1) is 10.0. The van der Waals surface area contributed by atoms with Crippen LogP contribution in [-0.4, -0.2) is 48.6 Å². The summed E-state index contributed by atoms with van der Waals surface area (Å²) < 4.78 is 5.30. The maximum Gasteiger partial charge on any atom is 0.254 e. The molecule has 1 aromatic carbocycles. The molecule has 21 heavy (non-hydrogen) atoms. The van der Waals surface area contributed by atoms with Crippen LogP contribution < -0.4 is 5.32 Å². The number of carbonyl (C=O) groups excluding carboxylic acids is 2. The molecular weight excluding hydrogens is 268 g/mol. The van der Waals surface area contributed by atoms with Crippen molar-refractivity contribution in [1.82, 2.24) is 10.2 Å². The van der Waals surface area contributed by atoms with Gasteiger partial charge in [0.25, 0.3) is 5.91 Å². The Kier molecular flexibility index (Phi) is 3.45. The van der Waals surface area contributed by atoms with Crippen molar-refractivity contribution in [3.8, 4) is 0 Å². The first-order valence-electron chi connectivity index (χ1n) is 7.25. The summed E-state index contributed by atoms with van der Waals surface area (Å²) in [6, 6.07) is 7.56. The van der Waals surface area contributed by atoms with Gasteiger partial charge in [-0.15, -0.1) is 0 Å². The lowest BCUT2D eigenvalue weighted by Gasteiger charge is -2.52. The minimum absolute atomic E-state index is 0.000485. The van der Waals surface area contributed by atoms with E-state index in [0.29, 0.717) is 31.6 Å². The first-order valence-corrected chi connectivity index (χ1v) is 7.25. The number of rotatable bonds is 2. The minimum Gasteiger partial charge on any atom is -0.376 e. The van der Waals surface area contributed by atoms with Gasteiger partial charge in [0.15, 0.2) is 0 Å². The summed E-state index contributed by atoms with van der Waals surface area (Å²) in [6.07, 6.45) is 1.14. The second-order valence-electron chi connectivity index (χ2n) is 5.98. The summed E-state index contributed by atoms with van der Waals surface area (Å²) in [5, 5.41) is 3.02. The molecule has 2 aliphatic rings. The number of likely N-dealkylation sites (N-methyl/N-ethyl adjacent to an activating group) is 1. The zero-order valence-corrected chi connectivity index (χ0v) is 12.4. The van der Waals surface area contributed by atoms with Gasteiger partial charge in [-0.05, 0) is 25.0 Å². The second-order valence-corrected chi connectivity index (χ2v) is 5.98. The fourth-order valence-corrected chi connectivity index (χ4v) is 3.26. The maximum atomic E-state index is 12.7. The molecule has 1 unspecified atom stereocenters. The zero-order chi connectivity index (χ0) is 15.0. The number of benzene rings is 1. The molecule has 0 radical (unpaired) electrons. The molecule has 2 fully saturated rings. The monoisotopic (exact) mass is 288 g/mol. The number of nitrogens with one attached hydrogen (secondary N) is 1. The van der Waals surface area contributed by atoms with Gasteiger partial charge in [0, 0.05) is 19.0 Å². The summed E-state index contributed by atoms with van der Waals surface area (Å²) in [5.74, 6) is 0.0480. The zero-order valence-electron chi connectivity index (χ0n) is 12.4. The van der Waals surface area contributed by atoms with Crippen LogP contribution >= 0.6 is 0 Å². The van der Waals surface area contributed by atoms with E-state index in [1.165, 1.54) is 0 Å². The maximum absolute atomic E-state index is 12.7. The molecule has 1 atom stereocenters. The summed E-state index contributed by atoms with van der Waals surface area (Å²) >= 11 is 0. The highest BCUT2D eigenvalue weighted by Crippen LogP contribution is 2.32. The van der Waals surface area contributed by atoms with Gasteiger partial charge in [0.05, 0.1) is 19.3 Å². The Morgan fingerprint density at radius 2 is 2.10 bits per heavy atom. The molecule has 5 nitrogen and oxygen atoms in total. The predicted octanol–water partition coefficient (Wildman–Crippen LogP) is 1.11. The summed E-state index contributed by atoms with van der Waals surface area (Å²) in [7, 11) is 1.82. The molecule has 2 aliphatic heterocycles. The molecule has 0 saturated carbocycles. The van der Waals surface area contributed by atoms with Gasteiger partial charge < -0.3 is 15.0 Å². The first kappa shape index (κ1) is 14.1. The van der Waals surface area contributed by atoms with Crippen molar-refractivity contribution in [3.63, 3.8) is 0 Å². The Bertz CT molecular complexity index is 581. The van der Waals surface area contributed by atoms with E-state index >= 15 is 0 Å². The van der Waals surface area contributed by atoms with Crippen LogP contribution in [0.25, 0.3) is 0 Å². The Morgan fingerprint density at radius 1 is 1.38 bits per heavy atom. The van der Waals surface area contributed by atoms with Crippen molar-refractivity contribution < 1.29 is 14.3 Å². The third kappa shape index (κ3) is 2.31. The quantitative estimate of drug-likeness (QED) is 0.887. The van der Waals surface area contributed by atoms with E-state index in [9.17, 15) is 9.59 Å². The van der Waals surface area contributed by atoms with Crippen molar-refractivity contribution in [2.75, 3.05) is 20.3 Å². The van der Waals surface area contributed by atoms with Crippen LogP contribution in [0.15, 0.2) is 24.3 Å². The van der Waals surface area contributed by atoms with Crippen molar-refractivity contribution >= 4 is 11.8 Å². The molecule has 3 rings (SSSR count). The molecule has 2 saturated heterocycles. The second kappa shape index (κ2) is 5.15. The SMILES string of the molecule is Cc1ccccc1C(=O)N(C)C1CCC(=O)NC12COC2. The molecule has 2 amide bonds. The average Bonchev–Trinajstić information content (AvgIpc) is 2.44. The molecule has 1 spiro atoms. The largest absolute Gasteiger partial charge is 0.376 e. The molecule has 5 heteroatoms. The highest BCUT2D eigenvalue weighted by atomic mass is 16.5. The van der Waals surface area contributed by atoms with Crippen LogP contribution in [0.5, 0.6) is 0 Å². The highest BCUT2D eigenvalue weighted by molar-refractivity contribution is 5.96. The lowest BCUT2D eigenvalue weighted by atomic mass is 9.80. The third-order valence-corrected chi connectivity index (χ3v) is 4.55. The smallest absolute Gasteiger partial charge is 0.254 e. The van der Waals surface area contributed by atoms with Crippen molar-refractivity contribution in [2.45, 2.75) is 31.3 Å². The van der Waals surface area contributed by atoms with Gasteiger partial charge in [0.1, 0.15) is 5.54 Å². The van der Waals surface area contributed by atoms with Gasteiger partial charge in [-0.25, -0.2) is 0 Å². The normalized spacial score (nSPS) is 23.3. The van der Waals surface area contributed by atoms with E-state index in [-0.39, 0.29) is 17.9 Å². The summed E-state index contributed by atoms with van der Waals surface area (Å²) in [6.45, 7) is 2.90. The summed E-state index contributed by atoms with van der Waals surface area (Å²) in [4.78, 5) is 26.2. The number of hydrogen-bond acceptors (Lipinski definition) is 3. The van der Waals surface area contributed by atoms with E-state index in [0.717, 1.165) is 5.56 Å². The molecule has 0 bridgehead atoms. The Morgan fingerprint density at radius 3 is 2.71 bits per heavy atom. The average molecular weight is 288 g/mol. The van der Waals surface area contributed by atoms with Crippen LogP contribution in [0.1, 0.15) is 28.8 Å². The number of aryl methyl sites for hydroxylation is 1.